The number of methoxy groups -OCH3 is 1. The van der Waals surface area contributed by atoms with Crippen LogP contribution in [0.5, 0.6) is 5.75 Å². The van der Waals surface area contributed by atoms with Gasteiger partial charge in [-0.25, -0.2) is 4.39 Å². The molecule has 0 saturated heterocycles. The highest BCUT2D eigenvalue weighted by atomic mass is 127. The molecule has 0 unspecified atom stereocenters. The van der Waals surface area contributed by atoms with Gasteiger partial charge in [-0.2, -0.15) is 0 Å². The van der Waals surface area contributed by atoms with Gasteiger partial charge in [0.15, 0.2) is 5.96 Å². The van der Waals surface area contributed by atoms with E-state index in [1.807, 2.05) is 24.3 Å². The number of benzene rings is 2. The molecule has 0 bridgehead atoms. The molecular formula is C18H22FIN4O2. The maximum absolute atomic E-state index is 13.1. The molecule has 0 aliphatic carbocycles. The van der Waals surface area contributed by atoms with Gasteiger partial charge in [0, 0.05) is 6.54 Å². The van der Waals surface area contributed by atoms with Crippen LogP contribution < -0.4 is 21.1 Å². The van der Waals surface area contributed by atoms with E-state index >= 15 is 0 Å². The van der Waals surface area contributed by atoms with Gasteiger partial charge in [0.1, 0.15) is 11.6 Å². The van der Waals surface area contributed by atoms with Crippen molar-refractivity contribution >= 4 is 41.5 Å². The predicted molar refractivity (Wildman–Crippen MR) is 112 cm³/mol. The van der Waals surface area contributed by atoms with E-state index in [0.29, 0.717) is 30.1 Å². The maximum atomic E-state index is 13.1. The molecule has 0 aliphatic rings. The van der Waals surface area contributed by atoms with E-state index < -0.39 is 0 Å². The van der Waals surface area contributed by atoms with Gasteiger partial charge in [-0.1, -0.05) is 24.3 Å². The average Bonchev–Trinajstić information content (AvgIpc) is 2.59. The average molecular weight is 472 g/mol. The van der Waals surface area contributed by atoms with Crippen LogP contribution in [0.25, 0.3) is 0 Å². The zero-order chi connectivity index (χ0) is 18.1. The fraction of sp³-hybridized carbons (Fsp3) is 0.222. The fourth-order valence-electron chi connectivity index (χ4n) is 2.19. The first kappa shape index (κ1) is 21.7. The quantitative estimate of drug-likeness (QED) is 0.250. The van der Waals surface area contributed by atoms with E-state index in [-0.39, 0.29) is 48.1 Å². The van der Waals surface area contributed by atoms with Crippen molar-refractivity contribution in [2.75, 3.05) is 25.5 Å². The molecule has 0 saturated carbocycles. The summed E-state index contributed by atoms with van der Waals surface area (Å²) in [6.45, 7) is 0.658. The van der Waals surface area contributed by atoms with E-state index in [9.17, 15) is 9.18 Å². The van der Waals surface area contributed by atoms with Crippen LogP contribution in [-0.2, 0) is 11.2 Å². The molecule has 4 N–H and O–H groups in total. The normalized spacial score (nSPS) is 10.6. The number of carbonyl (C=O) groups is 1. The van der Waals surface area contributed by atoms with Crippen LogP contribution in [0.2, 0.25) is 0 Å². The fourth-order valence-corrected chi connectivity index (χ4v) is 2.19. The lowest BCUT2D eigenvalue weighted by Crippen LogP contribution is -2.29. The molecule has 0 fully saturated rings. The van der Waals surface area contributed by atoms with E-state index in [4.69, 9.17) is 10.5 Å². The zero-order valence-electron chi connectivity index (χ0n) is 14.4. The third-order valence-electron chi connectivity index (χ3n) is 3.34. The molecule has 26 heavy (non-hydrogen) atoms. The number of ether oxygens (including phenoxy) is 1. The van der Waals surface area contributed by atoms with Crippen molar-refractivity contribution in [2.45, 2.75) is 6.42 Å². The molecule has 0 heterocycles. The zero-order valence-corrected chi connectivity index (χ0v) is 16.7. The molecule has 2 aromatic rings. The van der Waals surface area contributed by atoms with Crippen molar-refractivity contribution in [2.24, 2.45) is 10.7 Å². The number of halogens is 2. The van der Waals surface area contributed by atoms with Crippen molar-refractivity contribution in [3.8, 4) is 5.75 Å². The predicted octanol–water partition coefficient (Wildman–Crippen LogP) is 2.54. The second-order valence-corrected chi connectivity index (χ2v) is 5.25. The van der Waals surface area contributed by atoms with Crippen molar-refractivity contribution in [1.29, 1.82) is 0 Å². The number of aliphatic imine (C=N–C) groups is 1. The number of hydrogen-bond acceptors (Lipinski definition) is 3. The smallest absolute Gasteiger partial charge is 0.224 e. The van der Waals surface area contributed by atoms with E-state index in [2.05, 4.69) is 15.6 Å². The minimum Gasteiger partial charge on any atom is -0.495 e. The van der Waals surface area contributed by atoms with Crippen molar-refractivity contribution in [3.63, 3.8) is 0 Å². The van der Waals surface area contributed by atoms with Crippen LogP contribution in [0.4, 0.5) is 10.1 Å². The Labute approximate surface area is 169 Å². The summed E-state index contributed by atoms with van der Waals surface area (Å²) in [5.41, 5.74) is 7.15. The summed E-state index contributed by atoms with van der Waals surface area (Å²) < 4.78 is 18.3. The Kier molecular flexibility index (Phi) is 9.42. The summed E-state index contributed by atoms with van der Waals surface area (Å²) in [6, 6.07) is 13.3. The molecular weight excluding hydrogens is 450 g/mol. The number of nitrogens with zero attached hydrogens (tertiary/aromatic N) is 1. The van der Waals surface area contributed by atoms with Gasteiger partial charge < -0.3 is 21.1 Å². The summed E-state index contributed by atoms with van der Waals surface area (Å²) in [5.74, 6) is 0.329. The minimum absolute atomic E-state index is 0. The number of guanidine groups is 1. The second-order valence-electron chi connectivity index (χ2n) is 5.25. The first-order valence-corrected chi connectivity index (χ1v) is 7.79. The lowest BCUT2D eigenvalue weighted by molar-refractivity contribution is -0.120. The van der Waals surface area contributed by atoms with Crippen LogP contribution in [0.15, 0.2) is 53.5 Å². The van der Waals surface area contributed by atoms with Gasteiger partial charge in [-0.15, -0.1) is 24.0 Å². The second kappa shape index (κ2) is 11.3. The third kappa shape index (κ3) is 7.26. The number of rotatable bonds is 7. The SMILES string of the molecule is COc1ccccc1NC(N)=NCCNC(=O)Cc1cccc(F)c1.I. The molecule has 0 atom stereocenters. The number of anilines is 1. The minimum atomic E-state index is -0.356. The van der Waals surface area contributed by atoms with Gasteiger partial charge in [-0.05, 0) is 29.8 Å². The van der Waals surface area contributed by atoms with Gasteiger partial charge >= 0.3 is 0 Å². The Morgan fingerprint density at radius 3 is 2.73 bits per heavy atom. The molecule has 0 radical (unpaired) electrons. The van der Waals surface area contributed by atoms with E-state index in [1.165, 1.54) is 12.1 Å². The summed E-state index contributed by atoms with van der Waals surface area (Å²) in [6.07, 6.45) is 0.121. The lowest BCUT2D eigenvalue weighted by Gasteiger charge is -2.10. The van der Waals surface area contributed by atoms with Crippen LogP contribution >= 0.6 is 24.0 Å². The van der Waals surface area contributed by atoms with Gasteiger partial charge in [0.2, 0.25) is 5.91 Å². The van der Waals surface area contributed by atoms with Crippen LogP contribution in [0.3, 0.4) is 0 Å². The van der Waals surface area contributed by atoms with Crippen molar-refractivity contribution in [3.05, 3.63) is 59.9 Å². The molecule has 2 aromatic carbocycles. The number of para-hydroxylation sites is 2. The summed E-state index contributed by atoms with van der Waals surface area (Å²) >= 11 is 0. The molecule has 1 amide bonds. The maximum Gasteiger partial charge on any atom is 0.224 e. The van der Waals surface area contributed by atoms with Gasteiger partial charge in [-0.3, -0.25) is 9.79 Å². The topological polar surface area (TPSA) is 88.7 Å². The third-order valence-corrected chi connectivity index (χ3v) is 3.34. The largest absolute Gasteiger partial charge is 0.495 e. The van der Waals surface area contributed by atoms with Crippen LogP contribution in [0, 0.1) is 5.82 Å². The highest BCUT2D eigenvalue weighted by molar-refractivity contribution is 14.0. The van der Waals surface area contributed by atoms with Crippen molar-refractivity contribution < 1.29 is 13.9 Å². The standard InChI is InChI=1S/C18H21FN4O2.HI/c1-25-16-8-3-2-7-15(16)23-18(20)22-10-9-21-17(24)12-13-5-4-6-14(19)11-13;/h2-8,11H,9-10,12H2,1H3,(H,21,24)(H3,20,22,23);1H. The Hall–Kier alpha value is -2.36. The summed E-state index contributed by atoms with van der Waals surface area (Å²) in [7, 11) is 1.57. The molecule has 0 aliphatic heterocycles. The Morgan fingerprint density at radius 1 is 1.23 bits per heavy atom. The highest BCUT2D eigenvalue weighted by Crippen LogP contribution is 2.22. The number of amides is 1. The first-order chi connectivity index (χ1) is 12.1. The van der Waals surface area contributed by atoms with Crippen LogP contribution in [-0.4, -0.2) is 32.1 Å². The first-order valence-electron chi connectivity index (χ1n) is 7.79. The molecule has 8 heteroatoms. The Morgan fingerprint density at radius 2 is 2.00 bits per heavy atom. The van der Waals surface area contributed by atoms with Gasteiger partial charge in [0.05, 0.1) is 25.8 Å². The Bertz CT molecular complexity index is 755. The summed E-state index contributed by atoms with van der Waals surface area (Å²) in [5, 5.41) is 5.66. The highest BCUT2D eigenvalue weighted by Gasteiger charge is 2.04. The monoisotopic (exact) mass is 472 g/mol. The molecule has 140 valence electrons. The van der Waals surface area contributed by atoms with E-state index in [1.54, 1.807) is 19.2 Å². The van der Waals surface area contributed by atoms with Gasteiger partial charge in [0.25, 0.3) is 0 Å². The molecule has 0 aromatic heterocycles. The Balaban J connectivity index is 0.00000338. The summed E-state index contributed by atoms with van der Waals surface area (Å²) in [4.78, 5) is 15.9. The van der Waals surface area contributed by atoms with Crippen molar-refractivity contribution in [1.82, 2.24) is 5.32 Å². The van der Waals surface area contributed by atoms with E-state index in [0.717, 1.165) is 0 Å². The molecule has 2 rings (SSSR count). The number of nitrogens with two attached hydrogens (primary N) is 1. The molecule has 0 spiro atoms. The van der Waals surface area contributed by atoms with Crippen LogP contribution in [0.1, 0.15) is 5.56 Å². The molecule has 6 nitrogen and oxygen atoms in total. The number of carbonyl (C=O) groups excluding carboxylic acids is 1. The number of nitrogens with one attached hydrogen (secondary N) is 2. The number of hydrogen-bond donors (Lipinski definition) is 3. The lowest BCUT2D eigenvalue weighted by atomic mass is 10.1.